The predicted octanol–water partition coefficient (Wildman–Crippen LogP) is 5.72. The number of anilines is 1. The van der Waals surface area contributed by atoms with Gasteiger partial charge >= 0.3 is 0 Å². The van der Waals surface area contributed by atoms with E-state index in [9.17, 15) is 4.39 Å². The fraction of sp³-hybridized carbons (Fsp3) is 0.200. The molecule has 4 heteroatoms. The Hall–Kier alpha value is -1.06. The lowest BCUT2D eigenvalue weighted by Crippen LogP contribution is -2.07. The number of halogens is 3. The second kappa shape index (κ2) is 5.93. The Morgan fingerprint density at radius 2 is 1.95 bits per heavy atom. The van der Waals surface area contributed by atoms with Crippen molar-refractivity contribution in [3.63, 3.8) is 0 Å². The second-order valence-corrected chi connectivity index (χ2v) is 5.87. The van der Waals surface area contributed by atoms with Crippen LogP contribution in [0.1, 0.15) is 24.1 Å². The summed E-state index contributed by atoms with van der Waals surface area (Å²) in [4.78, 5) is 0. The van der Waals surface area contributed by atoms with Crippen LogP contribution in [-0.2, 0) is 0 Å². The lowest BCUT2D eigenvalue weighted by molar-refractivity contribution is 0.626. The van der Waals surface area contributed by atoms with Gasteiger partial charge in [-0.05, 0) is 55.3 Å². The summed E-state index contributed by atoms with van der Waals surface area (Å²) in [5.74, 6) is -0.239. The largest absolute Gasteiger partial charge is 0.378 e. The average molecular weight is 343 g/mol. The van der Waals surface area contributed by atoms with Crippen molar-refractivity contribution in [1.29, 1.82) is 0 Å². The highest BCUT2D eigenvalue weighted by molar-refractivity contribution is 9.10. The van der Waals surface area contributed by atoms with E-state index < -0.39 is 0 Å². The van der Waals surface area contributed by atoms with Gasteiger partial charge in [-0.2, -0.15) is 0 Å². The van der Waals surface area contributed by atoms with E-state index in [0.29, 0.717) is 5.02 Å². The van der Waals surface area contributed by atoms with Gasteiger partial charge in [-0.1, -0.05) is 33.6 Å². The third kappa shape index (κ3) is 3.71. The summed E-state index contributed by atoms with van der Waals surface area (Å²) in [7, 11) is 0. The zero-order valence-corrected chi connectivity index (χ0v) is 13.0. The molecule has 0 spiro atoms. The van der Waals surface area contributed by atoms with Crippen LogP contribution in [0, 0.1) is 12.7 Å². The molecule has 0 bridgehead atoms. The summed E-state index contributed by atoms with van der Waals surface area (Å²) in [5, 5.41) is 3.94. The molecule has 0 saturated carbocycles. The van der Waals surface area contributed by atoms with Crippen LogP contribution in [0.25, 0.3) is 0 Å². The molecule has 100 valence electrons. The summed E-state index contributed by atoms with van der Waals surface area (Å²) in [6.07, 6.45) is 0. The summed E-state index contributed by atoms with van der Waals surface area (Å²) < 4.78 is 14.3. The maximum absolute atomic E-state index is 13.3. The van der Waals surface area contributed by atoms with Crippen LogP contribution < -0.4 is 5.32 Å². The van der Waals surface area contributed by atoms with Crippen molar-refractivity contribution >= 4 is 33.2 Å². The zero-order valence-electron chi connectivity index (χ0n) is 10.7. The monoisotopic (exact) mass is 341 g/mol. The van der Waals surface area contributed by atoms with Crippen molar-refractivity contribution < 1.29 is 4.39 Å². The molecule has 0 saturated heterocycles. The summed E-state index contributed by atoms with van der Waals surface area (Å²) in [6, 6.07) is 10.6. The van der Waals surface area contributed by atoms with Gasteiger partial charge < -0.3 is 5.32 Å². The Morgan fingerprint density at radius 1 is 1.21 bits per heavy atom. The quantitative estimate of drug-likeness (QED) is 0.752. The van der Waals surface area contributed by atoms with Gasteiger partial charge in [0.25, 0.3) is 0 Å². The van der Waals surface area contributed by atoms with E-state index in [0.717, 1.165) is 21.3 Å². The van der Waals surface area contributed by atoms with Gasteiger partial charge in [0.2, 0.25) is 0 Å². The van der Waals surface area contributed by atoms with Gasteiger partial charge in [0.1, 0.15) is 5.82 Å². The summed E-state index contributed by atoms with van der Waals surface area (Å²) in [5.41, 5.74) is 2.62. The number of benzene rings is 2. The molecule has 2 rings (SSSR count). The topological polar surface area (TPSA) is 12.0 Å². The van der Waals surface area contributed by atoms with Crippen LogP contribution in [0.3, 0.4) is 0 Å². The van der Waals surface area contributed by atoms with Gasteiger partial charge in [-0.15, -0.1) is 0 Å². The van der Waals surface area contributed by atoms with Gasteiger partial charge in [0.05, 0.1) is 0 Å². The molecule has 1 N–H and O–H groups in total. The van der Waals surface area contributed by atoms with Gasteiger partial charge in [0.15, 0.2) is 0 Å². The van der Waals surface area contributed by atoms with Crippen molar-refractivity contribution in [3.05, 3.63) is 62.8 Å². The normalized spacial score (nSPS) is 12.3. The average Bonchev–Trinajstić information content (AvgIpc) is 2.26. The highest BCUT2D eigenvalue weighted by atomic mass is 79.9. The van der Waals surface area contributed by atoms with E-state index in [1.807, 2.05) is 38.1 Å². The van der Waals surface area contributed by atoms with E-state index >= 15 is 0 Å². The molecule has 0 amide bonds. The molecule has 1 atom stereocenters. The van der Waals surface area contributed by atoms with Crippen LogP contribution in [-0.4, -0.2) is 0 Å². The zero-order chi connectivity index (χ0) is 14.0. The van der Waals surface area contributed by atoms with E-state index in [4.69, 9.17) is 11.6 Å². The third-order valence-electron chi connectivity index (χ3n) is 2.85. The van der Waals surface area contributed by atoms with E-state index in [1.165, 1.54) is 12.1 Å². The van der Waals surface area contributed by atoms with Crippen molar-refractivity contribution in [1.82, 2.24) is 0 Å². The van der Waals surface area contributed by atoms with Crippen molar-refractivity contribution in [2.45, 2.75) is 19.9 Å². The van der Waals surface area contributed by atoms with E-state index in [1.54, 1.807) is 0 Å². The van der Waals surface area contributed by atoms with Crippen LogP contribution in [0.4, 0.5) is 10.1 Å². The SMILES string of the molecule is Cc1cc(F)cc(NC(C)c2ccc(Br)cc2Cl)c1. The Balaban J connectivity index is 2.22. The first-order valence-electron chi connectivity index (χ1n) is 5.94. The third-order valence-corrected chi connectivity index (χ3v) is 3.67. The first-order valence-corrected chi connectivity index (χ1v) is 7.11. The van der Waals surface area contributed by atoms with Gasteiger partial charge in [-0.3, -0.25) is 0 Å². The van der Waals surface area contributed by atoms with Gasteiger partial charge in [-0.25, -0.2) is 4.39 Å². The van der Waals surface area contributed by atoms with Crippen molar-refractivity contribution in [3.8, 4) is 0 Å². The lowest BCUT2D eigenvalue weighted by atomic mass is 10.1. The number of aryl methyl sites for hydroxylation is 1. The maximum atomic E-state index is 13.3. The van der Waals surface area contributed by atoms with Crippen LogP contribution >= 0.6 is 27.5 Å². The molecule has 19 heavy (non-hydrogen) atoms. The fourth-order valence-electron chi connectivity index (χ4n) is 2.00. The Bertz CT molecular complexity index is 580. The molecule has 0 aromatic heterocycles. The minimum atomic E-state index is -0.239. The molecule has 2 aromatic carbocycles. The first kappa shape index (κ1) is 14.4. The minimum Gasteiger partial charge on any atom is -0.378 e. The molecule has 0 fully saturated rings. The summed E-state index contributed by atoms with van der Waals surface area (Å²) in [6.45, 7) is 3.86. The minimum absolute atomic E-state index is 0.00167. The Morgan fingerprint density at radius 3 is 2.58 bits per heavy atom. The summed E-state index contributed by atoms with van der Waals surface area (Å²) >= 11 is 9.59. The van der Waals surface area contributed by atoms with Gasteiger partial charge in [0, 0.05) is 21.2 Å². The van der Waals surface area contributed by atoms with Crippen LogP contribution in [0.2, 0.25) is 5.02 Å². The Kier molecular flexibility index (Phi) is 4.48. The van der Waals surface area contributed by atoms with Crippen molar-refractivity contribution in [2.75, 3.05) is 5.32 Å². The molecule has 2 aromatic rings. The predicted molar refractivity (Wildman–Crippen MR) is 82.3 cm³/mol. The van der Waals surface area contributed by atoms with Crippen LogP contribution in [0.15, 0.2) is 40.9 Å². The number of nitrogens with one attached hydrogen (secondary N) is 1. The molecule has 0 heterocycles. The molecule has 0 aliphatic rings. The fourth-order valence-corrected chi connectivity index (χ4v) is 2.84. The number of rotatable bonds is 3. The molecule has 1 nitrogen and oxygen atoms in total. The molecule has 1 unspecified atom stereocenters. The first-order chi connectivity index (χ1) is 8.95. The van der Waals surface area contributed by atoms with Crippen molar-refractivity contribution in [2.24, 2.45) is 0 Å². The second-order valence-electron chi connectivity index (χ2n) is 4.55. The standard InChI is InChI=1S/C15H14BrClFN/c1-9-5-12(18)8-13(6-9)19-10(2)14-4-3-11(16)7-15(14)17/h3-8,10,19H,1-2H3. The lowest BCUT2D eigenvalue weighted by Gasteiger charge is -2.17. The Labute approximate surface area is 125 Å². The highest BCUT2D eigenvalue weighted by Crippen LogP contribution is 2.29. The highest BCUT2D eigenvalue weighted by Gasteiger charge is 2.10. The van der Waals surface area contributed by atoms with E-state index in [2.05, 4.69) is 21.2 Å². The van der Waals surface area contributed by atoms with E-state index in [-0.39, 0.29) is 11.9 Å². The molecular formula is C15H14BrClFN. The number of hydrogen-bond acceptors (Lipinski definition) is 1. The maximum Gasteiger partial charge on any atom is 0.125 e. The smallest absolute Gasteiger partial charge is 0.125 e. The van der Waals surface area contributed by atoms with Crippen LogP contribution in [0.5, 0.6) is 0 Å². The molecule has 0 aliphatic heterocycles. The molecule has 0 aliphatic carbocycles. The molecule has 0 radical (unpaired) electrons. The molecular weight excluding hydrogens is 329 g/mol. The number of hydrogen-bond donors (Lipinski definition) is 1.